The lowest BCUT2D eigenvalue weighted by molar-refractivity contribution is 0.0770. The number of piperidine rings is 1. The van der Waals surface area contributed by atoms with E-state index >= 15 is 0 Å². The highest BCUT2D eigenvalue weighted by Gasteiger charge is 2.21. The zero-order chi connectivity index (χ0) is 12.0. The van der Waals surface area contributed by atoms with Gasteiger partial charge in [-0.25, -0.2) is 0 Å². The fourth-order valence-electron chi connectivity index (χ4n) is 2.28. The molecule has 1 saturated heterocycles. The van der Waals surface area contributed by atoms with Gasteiger partial charge < -0.3 is 15.0 Å². The molecule has 1 N–H and O–H groups in total. The maximum atomic E-state index is 5.53. The van der Waals surface area contributed by atoms with Gasteiger partial charge in [0.15, 0.2) is 0 Å². The van der Waals surface area contributed by atoms with Gasteiger partial charge in [0.25, 0.3) is 0 Å². The van der Waals surface area contributed by atoms with Crippen molar-refractivity contribution in [3.8, 4) is 0 Å². The molecule has 96 valence electrons. The minimum absolute atomic E-state index is 0.348. The van der Waals surface area contributed by atoms with E-state index < -0.39 is 0 Å². The van der Waals surface area contributed by atoms with Crippen LogP contribution in [0.4, 0.5) is 0 Å². The summed E-state index contributed by atoms with van der Waals surface area (Å²) in [5.41, 5.74) is 0. The van der Waals surface area contributed by atoms with Gasteiger partial charge in [-0.05, 0) is 59.7 Å². The second-order valence-electron chi connectivity index (χ2n) is 5.30. The Hall–Kier alpha value is -0.120. The molecule has 0 aliphatic carbocycles. The third kappa shape index (κ3) is 5.28. The molecule has 3 nitrogen and oxygen atoms in total. The zero-order valence-electron chi connectivity index (χ0n) is 11.3. The van der Waals surface area contributed by atoms with E-state index in [9.17, 15) is 0 Å². The number of rotatable bonds is 6. The Morgan fingerprint density at radius 1 is 1.25 bits per heavy atom. The maximum Gasteiger partial charge on any atom is 0.0594 e. The smallest absolute Gasteiger partial charge is 0.0594 e. The molecule has 0 radical (unpaired) electrons. The molecule has 0 aromatic carbocycles. The Kier molecular flexibility index (Phi) is 6.32. The van der Waals surface area contributed by atoms with Crippen LogP contribution in [0.2, 0.25) is 0 Å². The van der Waals surface area contributed by atoms with Crippen molar-refractivity contribution < 1.29 is 4.74 Å². The fourth-order valence-corrected chi connectivity index (χ4v) is 2.28. The van der Waals surface area contributed by atoms with Crippen LogP contribution < -0.4 is 5.32 Å². The van der Waals surface area contributed by atoms with E-state index in [4.69, 9.17) is 4.74 Å². The molecule has 1 rings (SSSR count). The second-order valence-corrected chi connectivity index (χ2v) is 5.30. The highest BCUT2D eigenvalue weighted by atomic mass is 16.5. The summed E-state index contributed by atoms with van der Waals surface area (Å²) in [5, 5.41) is 3.58. The molecule has 0 aromatic heterocycles. The Bertz CT molecular complexity index is 177. The molecule has 0 aromatic rings. The summed E-state index contributed by atoms with van der Waals surface area (Å²) in [5.74, 6) is 0.843. The van der Waals surface area contributed by atoms with Crippen molar-refractivity contribution in [2.45, 2.75) is 45.8 Å². The van der Waals surface area contributed by atoms with Crippen molar-refractivity contribution in [1.82, 2.24) is 10.2 Å². The normalized spacial score (nSPS) is 21.6. The molecule has 1 aliphatic heterocycles. The van der Waals surface area contributed by atoms with Crippen LogP contribution >= 0.6 is 0 Å². The van der Waals surface area contributed by atoms with E-state index in [1.807, 2.05) is 0 Å². The Morgan fingerprint density at radius 2 is 1.88 bits per heavy atom. The van der Waals surface area contributed by atoms with Crippen LogP contribution in [0.15, 0.2) is 0 Å². The topological polar surface area (TPSA) is 24.5 Å². The lowest BCUT2D eigenvalue weighted by Gasteiger charge is -2.33. The lowest BCUT2D eigenvalue weighted by atomic mass is 9.90. The van der Waals surface area contributed by atoms with Crippen LogP contribution in [0.3, 0.4) is 0 Å². The van der Waals surface area contributed by atoms with Crippen molar-refractivity contribution in [2.75, 3.05) is 33.3 Å². The van der Waals surface area contributed by atoms with Crippen LogP contribution in [-0.4, -0.2) is 50.3 Å². The molecule has 0 amide bonds. The number of ether oxygens (including phenoxy) is 1. The van der Waals surface area contributed by atoms with Gasteiger partial charge in [-0.3, -0.25) is 0 Å². The quantitative estimate of drug-likeness (QED) is 0.701. The number of nitrogens with one attached hydrogen (secondary N) is 1. The molecule has 3 heteroatoms. The predicted octanol–water partition coefficient (Wildman–Crippen LogP) is 1.73. The average Bonchev–Trinajstić information content (AvgIpc) is 2.25. The van der Waals surface area contributed by atoms with Gasteiger partial charge in [-0.15, -0.1) is 0 Å². The van der Waals surface area contributed by atoms with Gasteiger partial charge in [0.2, 0.25) is 0 Å². The SMILES string of the molecule is CC(C)OCCNC(C)C1CCN(C)CC1. The molecule has 1 unspecified atom stereocenters. The molecule has 0 bridgehead atoms. The number of hydrogen-bond donors (Lipinski definition) is 1. The van der Waals surface area contributed by atoms with Gasteiger partial charge in [-0.1, -0.05) is 0 Å². The largest absolute Gasteiger partial charge is 0.377 e. The van der Waals surface area contributed by atoms with Gasteiger partial charge in [0.1, 0.15) is 0 Å². The minimum atomic E-state index is 0.348. The Labute approximate surface area is 101 Å². The maximum absolute atomic E-state index is 5.53. The van der Waals surface area contributed by atoms with E-state index in [0.29, 0.717) is 12.1 Å². The van der Waals surface area contributed by atoms with Crippen molar-refractivity contribution in [1.29, 1.82) is 0 Å². The molecular weight excluding hydrogens is 200 g/mol. The molecule has 0 saturated carbocycles. The first-order chi connectivity index (χ1) is 7.59. The average molecular weight is 228 g/mol. The monoisotopic (exact) mass is 228 g/mol. The van der Waals surface area contributed by atoms with Crippen LogP contribution in [0.1, 0.15) is 33.6 Å². The summed E-state index contributed by atoms with van der Waals surface area (Å²) in [6.07, 6.45) is 3.01. The summed E-state index contributed by atoms with van der Waals surface area (Å²) in [6, 6.07) is 0.629. The molecular formula is C13H28N2O. The highest BCUT2D eigenvalue weighted by Crippen LogP contribution is 2.19. The van der Waals surface area contributed by atoms with Gasteiger partial charge in [0, 0.05) is 12.6 Å². The van der Waals surface area contributed by atoms with E-state index in [-0.39, 0.29) is 0 Å². The van der Waals surface area contributed by atoms with E-state index in [2.05, 4.69) is 38.0 Å². The van der Waals surface area contributed by atoms with Crippen molar-refractivity contribution in [2.24, 2.45) is 5.92 Å². The van der Waals surface area contributed by atoms with Crippen LogP contribution in [-0.2, 0) is 4.74 Å². The Balaban J connectivity index is 2.08. The van der Waals surface area contributed by atoms with Crippen LogP contribution in [0, 0.1) is 5.92 Å². The fraction of sp³-hybridized carbons (Fsp3) is 1.00. The second kappa shape index (κ2) is 7.25. The van der Waals surface area contributed by atoms with Gasteiger partial charge in [-0.2, -0.15) is 0 Å². The summed E-state index contributed by atoms with van der Waals surface area (Å²) >= 11 is 0. The highest BCUT2D eigenvalue weighted by molar-refractivity contribution is 4.78. The van der Waals surface area contributed by atoms with Crippen molar-refractivity contribution >= 4 is 0 Å². The van der Waals surface area contributed by atoms with Crippen molar-refractivity contribution in [3.63, 3.8) is 0 Å². The molecule has 16 heavy (non-hydrogen) atoms. The summed E-state index contributed by atoms with van der Waals surface area (Å²) in [4.78, 5) is 2.42. The predicted molar refractivity (Wildman–Crippen MR) is 68.8 cm³/mol. The Morgan fingerprint density at radius 3 is 2.44 bits per heavy atom. The van der Waals surface area contributed by atoms with E-state index in [1.54, 1.807) is 0 Å². The number of hydrogen-bond acceptors (Lipinski definition) is 3. The van der Waals surface area contributed by atoms with E-state index in [0.717, 1.165) is 19.1 Å². The minimum Gasteiger partial charge on any atom is -0.377 e. The first-order valence-corrected chi connectivity index (χ1v) is 6.63. The van der Waals surface area contributed by atoms with Gasteiger partial charge >= 0.3 is 0 Å². The zero-order valence-corrected chi connectivity index (χ0v) is 11.3. The third-order valence-corrected chi connectivity index (χ3v) is 3.49. The summed E-state index contributed by atoms with van der Waals surface area (Å²) < 4.78 is 5.53. The van der Waals surface area contributed by atoms with E-state index in [1.165, 1.54) is 25.9 Å². The third-order valence-electron chi connectivity index (χ3n) is 3.49. The van der Waals surface area contributed by atoms with Crippen molar-refractivity contribution in [3.05, 3.63) is 0 Å². The van der Waals surface area contributed by atoms with Gasteiger partial charge in [0.05, 0.1) is 12.7 Å². The molecule has 0 spiro atoms. The standard InChI is InChI=1S/C13H28N2O/c1-11(2)16-10-7-14-12(3)13-5-8-15(4)9-6-13/h11-14H,5-10H2,1-4H3. The van der Waals surface area contributed by atoms with Crippen LogP contribution in [0.25, 0.3) is 0 Å². The first-order valence-electron chi connectivity index (χ1n) is 6.63. The number of likely N-dealkylation sites (tertiary alicyclic amines) is 1. The number of nitrogens with zero attached hydrogens (tertiary/aromatic N) is 1. The first kappa shape index (κ1) is 13.9. The molecule has 1 atom stereocenters. The molecule has 1 aliphatic rings. The summed E-state index contributed by atoms with van der Waals surface area (Å²) in [6.45, 7) is 10.8. The lowest BCUT2D eigenvalue weighted by Crippen LogP contribution is -2.41. The van der Waals surface area contributed by atoms with Crippen LogP contribution in [0.5, 0.6) is 0 Å². The summed E-state index contributed by atoms with van der Waals surface area (Å²) in [7, 11) is 2.21. The molecule has 1 fully saturated rings. The molecule has 1 heterocycles.